The maximum atomic E-state index is 5.41. The Morgan fingerprint density at radius 1 is 1.23 bits per heavy atom. The number of methoxy groups -OCH3 is 1. The normalized spacial score (nSPS) is 36.1. The lowest BCUT2D eigenvalue weighted by molar-refractivity contribution is 0.0815. The molecule has 0 amide bonds. The first-order valence-corrected chi connectivity index (χ1v) is 8.73. The molecule has 0 saturated heterocycles. The van der Waals surface area contributed by atoms with Crippen LogP contribution >= 0.6 is 0 Å². The number of fused-ring (bicyclic) bond motifs is 5. The van der Waals surface area contributed by atoms with Gasteiger partial charge in [0.05, 0.1) is 7.11 Å². The van der Waals surface area contributed by atoms with E-state index in [1.165, 1.54) is 49.7 Å². The Morgan fingerprint density at radius 2 is 2.09 bits per heavy atom. The standard InChI is InChI=1S/C21H26O/c1-4-15-6-10-20-19-8-5-14-13-16(22-3)7-9-17(14)18(19)11-12-21(15,20)2/h7,9,13,18-20H,1,5-6,8,10-12H2,2-3H3/t18-,19-,20+,21-/m1/s1. The van der Waals surface area contributed by atoms with Gasteiger partial charge >= 0.3 is 0 Å². The third-order valence-electron chi connectivity index (χ3n) is 6.93. The van der Waals surface area contributed by atoms with Crippen LogP contribution in [0.25, 0.3) is 0 Å². The average Bonchev–Trinajstić information content (AvgIpc) is 2.90. The number of aryl methyl sites for hydroxylation is 1. The molecule has 0 radical (unpaired) electrons. The molecular formula is C21H26O. The second-order valence-corrected chi connectivity index (χ2v) is 7.63. The van der Waals surface area contributed by atoms with E-state index in [-0.39, 0.29) is 0 Å². The van der Waals surface area contributed by atoms with Gasteiger partial charge in [-0.15, -0.1) is 5.73 Å². The van der Waals surface area contributed by atoms with Gasteiger partial charge < -0.3 is 4.74 Å². The Hall–Kier alpha value is -1.46. The van der Waals surface area contributed by atoms with Gasteiger partial charge in [0.15, 0.2) is 0 Å². The van der Waals surface area contributed by atoms with Gasteiger partial charge in [-0.05, 0) is 90.5 Å². The van der Waals surface area contributed by atoms with E-state index < -0.39 is 0 Å². The van der Waals surface area contributed by atoms with Crippen LogP contribution in [0.5, 0.6) is 5.75 Å². The first-order chi connectivity index (χ1) is 10.7. The highest BCUT2D eigenvalue weighted by molar-refractivity contribution is 5.41. The molecule has 0 aromatic heterocycles. The summed E-state index contributed by atoms with van der Waals surface area (Å²) in [5, 5.41) is 0. The first kappa shape index (κ1) is 14.2. The van der Waals surface area contributed by atoms with Gasteiger partial charge in [-0.2, -0.15) is 0 Å². The fourth-order valence-corrected chi connectivity index (χ4v) is 5.79. The molecule has 0 unspecified atom stereocenters. The van der Waals surface area contributed by atoms with Crippen LogP contribution in [0.2, 0.25) is 0 Å². The summed E-state index contributed by atoms with van der Waals surface area (Å²) in [6, 6.07) is 6.76. The molecule has 0 spiro atoms. The largest absolute Gasteiger partial charge is 0.497 e. The highest BCUT2D eigenvalue weighted by atomic mass is 16.5. The zero-order chi connectivity index (χ0) is 15.3. The van der Waals surface area contributed by atoms with Gasteiger partial charge in [0.1, 0.15) is 5.75 Å². The Labute approximate surface area is 134 Å². The van der Waals surface area contributed by atoms with Crippen molar-refractivity contribution in [3.05, 3.63) is 47.2 Å². The second kappa shape index (κ2) is 5.03. The Morgan fingerprint density at radius 3 is 2.86 bits per heavy atom. The summed E-state index contributed by atoms with van der Waals surface area (Å²) in [7, 11) is 1.76. The lowest BCUT2D eigenvalue weighted by Crippen LogP contribution is -2.40. The van der Waals surface area contributed by atoms with Crippen molar-refractivity contribution in [2.45, 2.75) is 51.4 Å². The number of benzene rings is 1. The fraction of sp³-hybridized carbons (Fsp3) is 0.571. The molecule has 3 aliphatic carbocycles. The molecule has 3 aliphatic rings. The van der Waals surface area contributed by atoms with Crippen LogP contribution < -0.4 is 4.74 Å². The molecule has 0 bridgehead atoms. The van der Waals surface area contributed by atoms with Crippen LogP contribution in [0, 0.1) is 17.3 Å². The van der Waals surface area contributed by atoms with Gasteiger partial charge in [0.25, 0.3) is 0 Å². The first-order valence-electron chi connectivity index (χ1n) is 8.73. The smallest absolute Gasteiger partial charge is 0.119 e. The highest BCUT2D eigenvalue weighted by Gasteiger charge is 2.52. The van der Waals surface area contributed by atoms with Crippen molar-refractivity contribution in [2.24, 2.45) is 17.3 Å². The van der Waals surface area contributed by atoms with Gasteiger partial charge in [-0.1, -0.05) is 19.6 Å². The van der Waals surface area contributed by atoms with Gasteiger partial charge in [-0.25, -0.2) is 0 Å². The number of ether oxygens (including phenoxy) is 1. The maximum Gasteiger partial charge on any atom is 0.119 e. The molecule has 0 N–H and O–H groups in total. The third-order valence-corrected chi connectivity index (χ3v) is 6.93. The van der Waals surface area contributed by atoms with Crippen LogP contribution in [0.15, 0.2) is 36.1 Å². The summed E-state index contributed by atoms with van der Waals surface area (Å²) in [6.45, 7) is 6.45. The van der Waals surface area contributed by atoms with Crippen molar-refractivity contribution in [2.75, 3.05) is 7.11 Å². The van der Waals surface area contributed by atoms with Crippen LogP contribution in [0.1, 0.15) is 56.1 Å². The number of hydrogen-bond donors (Lipinski definition) is 0. The summed E-state index contributed by atoms with van der Waals surface area (Å²) in [6.07, 6.45) is 7.76. The Bertz CT molecular complexity index is 652. The fourth-order valence-electron chi connectivity index (χ4n) is 5.79. The minimum atomic E-state index is 0.382. The predicted octanol–water partition coefficient (Wildman–Crippen LogP) is 5.26. The van der Waals surface area contributed by atoms with E-state index >= 15 is 0 Å². The van der Waals surface area contributed by atoms with Crippen LogP contribution in [-0.2, 0) is 6.42 Å². The third kappa shape index (κ3) is 1.85. The van der Waals surface area contributed by atoms with E-state index in [4.69, 9.17) is 4.74 Å². The summed E-state index contributed by atoms with van der Waals surface area (Å²) < 4.78 is 5.41. The van der Waals surface area contributed by atoms with Gasteiger partial charge in [0.2, 0.25) is 0 Å². The van der Waals surface area contributed by atoms with Crippen molar-refractivity contribution in [1.29, 1.82) is 0 Å². The van der Waals surface area contributed by atoms with Crippen LogP contribution in [-0.4, -0.2) is 7.11 Å². The van der Waals surface area contributed by atoms with Crippen molar-refractivity contribution in [3.63, 3.8) is 0 Å². The van der Waals surface area contributed by atoms with E-state index in [0.717, 1.165) is 23.5 Å². The minimum absolute atomic E-state index is 0.382. The molecule has 4 rings (SSSR count). The van der Waals surface area contributed by atoms with Crippen LogP contribution in [0.4, 0.5) is 0 Å². The zero-order valence-electron chi connectivity index (χ0n) is 13.8. The molecule has 0 aliphatic heterocycles. The number of hydrogen-bond acceptors (Lipinski definition) is 1. The monoisotopic (exact) mass is 294 g/mol. The van der Waals surface area contributed by atoms with E-state index in [2.05, 4.69) is 37.4 Å². The molecule has 2 saturated carbocycles. The molecule has 1 nitrogen and oxygen atoms in total. The highest BCUT2D eigenvalue weighted by Crippen LogP contribution is 2.62. The lowest BCUT2D eigenvalue weighted by atomic mass is 9.55. The van der Waals surface area contributed by atoms with Crippen molar-refractivity contribution < 1.29 is 4.74 Å². The molecule has 0 heterocycles. The van der Waals surface area contributed by atoms with Crippen LogP contribution in [0.3, 0.4) is 0 Å². The zero-order valence-corrected chi connectivity index (χ0v) is 13.8. The molecule has 116 valence electrons. The number of allylic oxidation sites excluding steroid dienone is 1. The second-order valence-electron chi connectivity index (χ2n) is 7.63. The lowest BCUT2D eigenvalue weighted by Gasteiger charge is -2.49. The average molecular weight is 294 g/mol. The molecule has 4 atom stereocenters. The van der Waals surface area contributed by atoms with Crippen molar-refractivity contribution in [3.8, 4) is 5.75 Å². The SMILES string of the molecule is C=C=C1CC[C@H]2[C@@H]3CCc4cc(OC)ccc4[C@H]3CC[C@]12C. The summed E-state index contributed by atoms with van der Waals surface area (Å²) in [5.74, 6) is 3.46. The molecule has 22 heavy (non-hydrogen) atoms. The molecule has 1 aromatic rings. The van der Waals surface area contributed by atoms with E-state index in [0.29, 0.717) is 5.41 Å². The Kier molecular flexibility index (Phi) is 3.24. The Balaban J connectivity index is 1.70. The van der Waals surface area contributed by atoms with Gasteiger partial charge in [0, 0.05) is 0 Å². The molecule has 1 heteroatoms. The summed E-state index contributed by atoms with van der Waals surface area (Å²) in [4.78, 5) is 0. The quantitative estimate of drug-likeness (QED) is 0.642. The molecule has 2 fully saturated rings. The maximum absolute atomic E-state index is 5.41. The minimum Gasteiger partial charge on any atom is -0.497 e. The number of rotatable bonds is 1. The molecule has 1 aromatic carbocycles. The predicted molar refractivity (Wildman–Crippen MR) is 90.3 cm³/mol. The summed E-state index contributed by atoms with van der Waals surface area (Å²) >= 11 is 0. The molecular weight excluding hydrogens is 268 g/mol. The van der Waals surface area contributed by atoms with Gasteiger partial charge in [-0.3, -0.25) is 0 Å². The van der Waals surface area contributed by atoms with Crippen molar-refractivity contribution >= 4 is 0 Å². The van der Waals surface area contributed by atoms with E-state index in [1.54, 1.807) is 12.7 Å². The van der Waals surface area contributed by atoms with E-state index in [1.807, 2.05) is 0 Å². The summed E-state index contributed by atoms with van der Waals surface area (Å²) in [5.41, 5.74) is 8.31. The topological polar surface area (TPSA) is 9.23 Å². The van der Waals surface area contributed by atoms with Crippen molar-refractivity contribution in [1.82, 2.24) is 0 Å². The van der Waals surface area contributed by atoms with E-state index in [9.17, 15) is 0 Å².